The van der Waals surface area contributed by atoms with Crippen LogP contribution in [0.1, 0.15) is 45.4 Å². The summed E-state index contributed by atoms with van der Waals surface area (Å²) in [6.07, 6.45) is 7.16. The van der Waals surface area contributed by atoms with Crippen LogP contribution in [0.4, 0.5) is 10.5 Å². The zero-order valence-corrected chi connectivity index (χ0v) is 15.0. The average molecular weight is 346 g/mol. The number of carbonyl (C=O) groups excluding carboxylic acids is 1. The topological polar surface area (TPSA) is 74.4 Å². The zero-order chi connectivity index (χ0) is 17.5. The van der Waals surface area contributed by atoms with E-state index in [-0.39, 0.29) is 6.03 Å². The molecule has 0 bridgehead atoms. The van der Waals surface area contributed by atoms with Crippen LogP contribution in [0.2, 0.25) is 0 Å². The quantitative estimate of drug-likeness (QED) is 0.573. The van der Waals surface area contributed by atoms with Gasteiger partial charge in [-0.2, -0.15) is 0 Å². The minimum atomic E-state index is -0.159. The molecule has 2 aliphatic rings. The largest absolute Gasteiger partial charge is 0.490 e. The van der Waals surface area contributed by atoms with Crippen molar-refractivity contribution in [2.45, 2.75) is 57.6 Å². The van der Waals surface area contributed by atoms with Gasteiger partial charge < -0.3 is 15.4 Å². The van der Waals surface area contributed by atoms with Crippen molar-refractivity contribution >= 4 is 11.7 Å². The molecule has 2 atom stereocenters. The van der Waals surface area contributed by atoms with Crippen molar-refractivity contribution < 1.29 is 9.53 Å². The van der Waals surface area contributed by atoms with Crippen LogP contribution >= 0.6 is 0 Å². The fraction of sp³-hybridized carbons (Fsp3) is 0.632. The molecule has 0 aromatic heterocycles. The predicted molar refractivity (Wildman–Crippen MR) is 99.7 cm³/mol. The first kappa shape index (κ1) is 18.0. The number of amides is 2. The highest BCUT2D eigenvalue weighted by Gasteiger charge is 2.21. The molecule has 138 valence electrons. The number of hydrogen-bond acceptors (Lipinski definition) is 4. The van der Waals surface area contributed by atoms with Crippen LogP contribution in [-0.4, -0.2) is 31.3 Å². The Morgan fingerprint density at radius 2 is 2.16 bits per heavy atom. The molecule has 0 spiro atoms. The lowest BCUT2D eigenvalue weighted by molar-refractivity contribution is 0.210. The van der Waals surface area contributed by atoms with E-state index >= 15 is 0 Å². The molecule has 6 heteroatoms. The summed E-state index contributed by atoms with van der Waals surface area (Å²) in [6, 6.07) is 7.99. The first-order chi connectivity index (χ1) is 12.2. The minimum absolute atomic E-state index is 0.159. The summed E-state index contributed by atoms with van der Waals surface area (Å²) in [5.41, 5.74) is 7.16. The van der Waals surface area contributed by atoms with Gasteiger partial charge in [0.1, 0.15) is 5.75 Å². The maximum atomic E-state index is 12.0. The second-order valence-corrected chi connectivity index (χ2v) is 7.15. The molecular weight excluding hydrogens is 316 g/mol. The van der Waals surface area contributed by atoms with E-state index in [1.54, 1.807) is 0 Å². The Balaban J connectivity index is 1.37. The highest BCUT2D eigenvalue weighted by molar-refractivity contribution is 5.89. The Morgan fingerprint density at radius 1 is 1.32 bits per heavy atom. The molecule has 2 amide bonds. The van der Waals surface area contributed by atoms with Crippen molar-refractivity contribution in [2.75, 3.05) is 18.4 Å². The van der Waals surface area contributed by atoms with E-state index in [1.165, 1.54) is 12.8 Å². The summed E-state index contributed by atoms with van der Waals surface area (Å²) >= 11 is 0. The Kier molecular flexibility index (Phi) is 6.53. The molecule has 3 rings (SSSR count). The van der Waals surface area contributed by atoms with E-state index in [2.05, 4.69) is 28.4 Å². The molecule has 1 saturated carbocycles. The molecule has 1 aromatic rings. The number of carbonyl (C=O) groups is 1. The summed E-state index contributed by atoms with van der Waals surface area (Å²) in [7, 11) is 0. The van der Waals surface area contributed by atoms with Crippen LogP contribution in [0.3, 0.4) is 0 Å². The fourth-order valence-corrected chi connectivity index (χ4v) is 3.58. The minimum Gasteiger partial charge on any atom is -0.490 e. The maximum Gasteiger partial charge on any atom is 0.319 e. The van der Waals surface area contributed by atoms with E-state index in [9.17, 15) is 4.79 Å². The lowest BCUT2D eigenvalue weighted by Gasteiger charge is -2.15. The third-order valence-corrected chi connectivity index (χ3v) is 5.14. The third-order valence-electron chi connectivity index (χ3n) is 5.14. The van der Waals surface area contributed by atoms with Crippen LogP contribution in [0.5, 0.6) is 5.75 Å². The monoisotopic (exact) mass is 346 g/mol. The highest BCUT2D eigenvalue weighted by atomic mass is 16.5. The number of urea groups is 1. The van der Waals surface area contributed by atoms with Crippen LogP contribution in [0.15, 0.2) is 24.3 Å². The summed E-state index contributed by atoms with van der Waals surface area (Å²) in [4.78, 5) is 12.0. The van der Waals surface area contributed by atoms with Gasteiger partial charge in [-0.05, 0) is 63.5 Å². The van der Waals surface area contributed by atoms with E-state index in [0.29, 0.717) is 24.6 Å². The number of rotatable bonds is 7. The lowest BCUT2D eigenvalue weighted by atomic mass is 9.98. The van der Waals surface area contributed by atoms with Crippen molar-refractivity contribution in [3.8, 4) is 5.75 Å². The van der Waals surface area contributed by atoms with Crippen molar-refractivity contribution in [3.63, 3.8) is 0 Å². The second kappa shape index (κ2) is 9.06. The standard InChI is InChI=1S/C19H30N4O2/c1-14-15(13-21-23-14)6-5-11-20-19(24)22-16-7-4-10-18(12-16)25-17-8-2-3-9-17/h4,7,10,12,14-15,17,21,23H,2-3,5-6,8-9,11,13H2,1H3,(H2,20,22,24). The van der Waals surface area contributed by atoms with Crippen molar-refractivity contribution in [1.29, 1.82) is 0 Å². The van der Waals surface area contributed by atoms with Crippen molar-refractivity contribution in [1.82, 2.24) is 16.2 Å². The summed E-state index contributed by atoms with van der Waals surface area (Å²) < 4.78 is 5.98. The molecule has 25 heavy (non-hydrogen) atoms. The van der Waals surface area contributed by atoms with Gasteiger partial charge in [-0.25, -0.2) is 4.79 Å². The molecule has 2 unspecified atom stereocenters. The molecule has 0 radical (unpaired) electrons. The second-order valence-electron chi connectivity index (χ2n) is 7.15. The number of hydrazine groups is 1. The van der Waals surface area contributed by atoms with Gasteiger partial charge in [0.15, 0.2) is 0 Å². The maximum absolute atomic E-state index is 12.0. The highest BCUT2D eigenvalue weighted by Crippen LogP contribution is 2.25. The smallest absolute Gasteiger partial charge is 0.319 e. The predicted octanol–water partition coefficient (Wildman–Crippen LogP) is 3.02. The molecule has 6 nitrogen and oxygen atoms in total. The molecular formula is C19H30N4O2. The van der Waals surface area contributed by atoms with E-state index < -0.39 is 0 Å². The average Bonchev–Trinajstić information content (AvgIpc) is 3.24. The van der Waals surface area contributed by atoms with Crippen molar-refractivity contribution in [2.24, 2.45) is 5.92 Å². The van der Waals surface area contributed by atoms with Gasteiger partial charge in [-0.15, -0.1) is 0 Å². The number of nitrogens with one attached hydrogen (secondary N) is 4. The van der Waals surface area contributed by atoms with E-state index in [4.69, 9.17) is 4.74 Å². The number of benzene rings is 1. The summed E-state index contributed by atoms with van der Waals surface area (Å²) in [6.45, 7) is 3.87. The van der Waals surface area contributed by atoms with Gasteiger partial charge in [0, 0.05) is 30.9 Å². The zero-order valence-electron chi connectivity index (χ0n) is 15.0. The Hall–Kier alpha value is -1.79. The summed E-state index contributed by atoms with van der Waals surface area (Å²) in [5.74, 6) is 1.47. The molecule has 1 saturated heterocycles. The van der Waals surface area contributed by atoms with Crippen LogP contribution in [-0.2, 0) is 0 Å². The molecule has 1 aliphatic carbocycles. The van der Waals surface area contributed by atoms with Crippen LogP contribution in [0, 0.1) is 5.92 Å². The summed E-state index contributed by atoms with van der Waals surface area (Å²) in [5, 5.41) is 5.82. The number of anilines is 1. The van der Waals surface area contributed by atoms with E-state index in [0.717, 1.165) is 43.7 Å². The molecule has 4 N–H and O–H groups in total. The number of ether oxygens (including phenoxy) is 1. The van der Waals surface area contributed by atoms with Gasteiger partial charge in [0.25, 0.3) is 0 Å². The molecule has 1 aliphatic heterocycles. The van der Waals surface area contributed by atoms with Crippen LogP contribution in [0.25, 0.3) is 0 Å². The fourth-order valence-electron chi connectivity index (χ4n) is 3.58. The third kappa shape index (κ3) is 5.61. The molecule has 2 fully saturated rings. The van der Waals surface area contributed by atoms with Gasteiger partial charge in [0.2, 0.25) is 0 Å². The Bertz CT molecular complexity index is 560. The Morgan fingerprint density at radius 3 is 2.92 bits per heavy atom. The molecule has 1 aromatic carbocycles. The van der Waals surface area contributed by atoms with Gasteiger partial charge in [0.05, 0.1) is 6.10 Å². The molecule has 1 heterocycles. The SMILES string of the molecule is CC1NNCC1CCCNC(=O)Nc1cccc(OC2CCCC2)c1. The van der Waals surface area contributed by atoms with E-state index in [1.807, 2.05) is 24.3 Å². The lowest BCUT2D eigenvalue weighted by Crippen LogP contribution is -2.30. The first-order valence-corrected chi connectivity index (χ1v) is 9.50. The first-order valence-electron chi connectivity index (χ1n) is 9.50. The Labute approximate surface area is 150 Å². The van der Waals surface area contributed by atoms with Crippen molar-refractivity contribution in [3.05, 3.63) is 24.3 Å². The normalized spacial score (nSPS) is 23.6. The van der Waals surface area contributed by atoms with Gasteiger partial charge >= 0.3 is 6.03 Å². The van der Waals surface area contributed by atoms with Gasteiger partial charge in [-0.1, -0.05) is 6.07 Å². The number of hydrogen-bond donors (Lipinski definition) is 4. The van der Waals surface area contributed by atoms with Crippen LogP contribution < -0.4 is 26.2 Å². The van der Waals surface area contributed by atoms with Gasteiger partial charge in [-0.3, -0.25) is 10.9 Å².